The summed E-state index contributed by atoms with van der Waals surface area (Å²) >= 11 is 0. The molecule has 3 nitrogen and oxygen atoms in total. The van der Waals surface area contributed by atoms with E-state index in [1.54, 1.807) is 26.8 Å². The van der Waals surface area contributed by atoms with E-state index in [2.05, 4.69) is 10.6 Å². The lowest BCUT2D eigenvalue weighted by atomic mass is 9.91. The summed E-state index contributed by atoms with van der Waals surface area (Å²) in [5.41, 5.74) is 4.47. The van der Waals surface area contributed by atoms with Crippen molar-refractivity contribution < 1.29 is 13.6 Å². The number of nitrogens with one attached hydrogen (secondary N) is 2. The third-order valence-electron chi connectivity index (χ3n) is 4.64. The first-order valence-electron chi connectivity index (χ1n) is 9.86. The van der Waals surface area contributed by atoms with Crippen LogP contribution in [0.1, 0.15) is 51.3 Å². The van der Waals surface area contributed by atoms with Gasteiger partial charge in [-0.3, -0.25) is 4.79 Å². The smallest absolute Gasteiger partial charge is 0.280 e. The van der Waals surface area contributed by atoms with Gasteiger partial charge in [0.25, 0.3) is 5.91 Å². The Bertz CT molecular complexity index is 946. The van der Waals surface area contributed by atoms with Crippen molar-refractivity contribution in [1.82, 2.24) is 5.32 Å². The molecule has 0 bridgehead atoms. The van der Waals surface area contributed by atoms with Crippen molar-refractivity contribution in [1.29, 1.82) is 0 Å². The van der Waals surface area contributed by atoms with Crippen molar-refractivity contribution in [3.8, 4) is 11.1 Å². The zero-order valence-electron chi connectivity index (χ0n) is 18.2. The predicted molar refractivity (Wildman–Crippen MR) is 117 cm³/mol. The van der Waals surface area contributed by atoms with Gasteiger partial charge in [0, 0.05) is 23.3 Å². The molecule has 0 spiro atoms. The average Bonchev–Trinajstić information content (AvgIpc) is 2.61. The first-order chi connectivity index (χ1) is 13.5. The molecule has 2 N–H and O–H groups in total. The van der Waals surface area contributed by atoms with Crippen LogP contribution in [-0.4, -0.2) is 18.0 Å². The van der Waals surface area contributed by atoms with Gasteiger partial charge in [-0.05, 0) is 94.5 Å². The number of aryl methyl sites for hydroxylation is 2. The Morgan fingerprint density at radius 3 is 2.14 bits per heavy atom. The average molecular weight is 401 g/mol. The van der Waals surface area contributed by atoms with E-state index < -0.39 is 11.7 Å². The van der Waals surface area contributed by atoms with Crippen LogP contribution in [0.15, 0.2) is 36.2 Å². The molecule has 5 heteroatoms. The highest BCUT2D eigenvalue weighted by atomic mass is 19.1. The van der Waals surface area contributed by atoms with Crippen LogP contribution in [0.3, 0.4) is 0 Å². The largest absolute Gasteiger partial charge is 0.383 e. The van der Waals surface area contributed by atoms with Crippen LogP contribution in [-0.2, 0) is 4.79 Å². The highest BCUT2D eigenvalue weighted by Gasteiger charge is 2.18. The van der Waals surface area contributed by atoms with E-state index in [0.29, 0.717) is 11.1 Å². The first kappa shape index (κ1) is 22.6. The summed E-state index contributed by atoms with van der Waals surface area (Å²) in [5, 5.41) is 5.75. The number of anilines is 1. The maximum Gasteiger partial charge on any atom is 0.280 e. The van der Waals surface area contributed by atoms with Gasteiger partial charge in [0.1, 0.15) is 5.82 Å². The van der Waals surface area contributed by atoms with Gasteiger partial charge in [-0.1, -0.05) is 12.1 Å². The van der Waals surface area contributed by atoms with Crippen molar-refractivity contribution in [3.63, 3.8) is 0 Å². The molecule has 0 atom stereocenters. The Labute approximate surface area is 172 Å². The number of amides is 1. The lowest BCUT2D eigenvalue weighted by Gasteiger charge is -2.16. The molecule has 29 heavy (non-hydrogen) atoms. The Hall–Kier alpha value is -2.69. The fourth-order valence-corrected chi connectivity index (χ4v) is 3.28. The molecule has 0 aliphatic carbocycles. The minimum absolute atomic E-state index is 0.151. The Kier molecular flexibility index (Phi) is 7.17. The van der Waals surface area contributed by atoms with E-state index in [1.807, 2.05) is 45.9 Å². The molecule has 1 amide bonds. The molecule has 0 saturated heterocycles. The standard InChI is InChI=1S/C24H30F2N2O/c1-13(2)27-18-8-9-19(22(25)12-18)21-11-15(5)20(10-16(21)6)17(7)23(26)24(29)28-14(3)4/h8-14,27H,1-7H3,(H,28,29)/b23-17-. The summed E-state index contributed by atoms with van der Waals surface area (Å²) in [7, 11) is 0. The van der Waals surface area contributed by atoms with Crippen molar-refractivity contribution in [2.75, 3.05) is 5.32 Å². The van der Waals surface area contributed by atoms with Crippen molar-refractivity contribution >= 4 is 17.2 Å². The van der Waals surface area contributed by atoms with E-state index >= 15 is 0 Å². The molecular formula is C24H30F2N2O. The number of hydrogen-bond donors (Lipinski definition) is 2. The monoisotopic (exact) mass is 400 g/mol. The van der Waals surface area contributed by atoms with Crippen LogP contribution in [0.5, 0.6) is 0 Å². The molecule has 0 heterocycles. The van der Waals surface area contributed by atoms with Gasteiger partial charge < -0.3 is 10.6 Å². The summed E-state index contributed by atoms with van der Waals surface area (Å²) in [6.07, 6.45) is 0. The molecule has 2 rings (SSSR count). The molecule has 0 radical (unpaired) electrons. The number of halogens is 2. The summed E-state index contributed by atoms with van der Waals surface area (Å²) in [6, 6.07) is 8.79. The number of carbonyl (C=O) groups excluding carboxylic acids is 1. The third kappa shape index (κ3) is 5.43. The molecule has 2 aromatic carbocycles. The summed E-state index contributed by atoms with van der Waals surface area (Å²) in [6.45, 7) is 12.8. The van der Waals surface area contributed by atoms with Crippen molar-refractivity contribution in [3.05, 3.63) is 58.7 Å². The fraction of sp³-hybridized carbons (Fsp3) is 0.375. The van der Waals surface area contributed by atoms with E-state index in [0.717, 1.165) is 22.4 Å². The maximum atomic E-state index is 14.8. The lowest BCUT2D eigenvalue weighted by molar-refractivity contribution is -0.119. The Morgan fingerprint density at radius 1 is 0.931 bits per heavy atom. The Morgan fingerprint density at radius 2 is 1.59 bits per heavy atom. The highest BCUT2D eigenvalue weighted by Crippen LogP contribution is 2.33. The van der Waals surface area contributed by atoms with Gasteiger partial charge in [0.05, 0.1) is 0 Å². The van der Waals surface area contributed by atoms with Gasteiger partial charge in [-0.25, -0.2) is 8.78 Å². The second-order valence-electron chi connectivity index (χ2n) is 8.04. The van der Waals surface area contributed by atoms with Crippen LogP contribution in [0, 0.1) is 19.7 Å². The molecule has 0 aliphatic rings. The van der Waals surface area contributed by atoms with Crippen LogP contribution in [0.4, 0.5) is 14.5 Å². The zero-order valence-corrected chi connectivity index (χ0v) is 18.2. The number of rotatable bonds is 6. The zero-order chi connectivity index (χ0) is 21.9. The van der Waals surface area contributed by atoms with Crippen LogP contribution < -0.4 is 10.6 Å². The van der Waals surface area contributed by atoms with Gasteiger partial charge in [0.2, 0.25) is 0 Å². The van der Waals surface area contributed by atoms with Crippen molar-refractivity contribution in [2.45, 2.75) is 60.5 Å². The minimum Gasteiger partial charge on any atom is -0.383 e. The number of hydrogen-bond acceptors (Lipinski definition) is 2. The van der Waals surface area contributed by atoms with E-state index in [1.165, 1.54) is 6.07 Å². The third-order valence-corrected chi connectivity index (χ3v) is 4.64. The molecule has 0 unspecified atom stereocenters. The first-order valence-corrected chi connectivity index (χ1v) is 9.86. The van der Waals surface area contributed by atoms with Gasteiger partial charge >= 0.3 is 0 Å². The van der Waals surface area contributed by atoms with E-state index in [4.69, 9.17) is 0 Å². The molecule has 0 saturated carbocycles. The lowest BCUT2D eigenvalue weighted by Crippen LogP contribution is -2.30. The van der Waals surface area contributed by atoms with Crippen LogP contribution in [0.2, 0.25) is 0 Å². The summed E-state index contributed by atoms with van der Waals surface area (Å²) in [5.74, 6) is -1.84. The van der Waals surface area contributed by atoms with Gasteiger partial charge in [0.15, 0.2) is 5.83 Å². The normalized spacial score (nSPS) is 12.2. The number of benzene rings is 2. The molecule has 0 aromatic heterocycles. The van der Waals surface area contributed by atoms with Gasteiger partial charge in [-0.15, -0.1) is 0 Å². The van der Waals surface area contributed by atoms with E-state index in [-0.39, 0.29) is 23.5 Å². The Balaban J connectivity index is 2.45. The molecular weight excluding hydrogens is 370 g/mol. The van der Waals surface area contributed by atoms with Gasteiger partial charge in [-0.2, -0.15) is 0 Å². The van der Waals surface area contributed by atoms with E-state index in [9.17, 15) is 13.6 Å². The SMILES string of the molecule is C/C(=C(/F)C(=O)NC(C)C)c1cc(C)c(-c2ccc(NC(C)C)cc2F)cc1C. The van der Waals surface area contributed by atoms with Crippen LogP contribution >= 0.6 is 0 Å². The molecule has 2 aromatic rings. The minimum atomic E-state index is -0.802. The molecule has 156 valence electrons. The molecule has 0 fully saturated rings. The quantitative estimate of drug-likeness (QED) is 0.571. The van der Waals surface area contributed by atoms with Crippen LogP contribution in [0.25, 0.3) is 16.7 Å². The summed E-state index contributed by atoms with van der Waals surface area (Å²) < 4.78 is 29.3. The fourth-order valence-electron chi connectivity index (χ4n) is 3.28. The molecule has 0 aliphatic heterocycles. The highest BCUT2D eigenvalue weighted by molar-refractivity contribution is 5.99. The summed E-state index contributed by atoms with van der Waals surface area (Å²) in [4.78, 5) is 12.0. The predicted octanol–water partition coefficient (Wildman–Crippen LogP) is 6.15. The maximum absolute atomic E-state index is 14.8. The second-order valence-corrected chi connectivity index (χ2v) is 8.04. The topological polar surface area (TPSA) is 41.1 Å². The second kappa shape index (κ2) is 9.21. The van der Waals surface area contributed by atoms with Crippen molar-refractivity contribution in [2.24, 2.45) is 0 Å². The number of carbonyl (C=O) groups is 1. The number of allylic oxidation sites excluding steroid dienone is 1.